The summed E-state index contributed by atoms with van der Waals surface area (Å²) in [7, 11) is 0. The molecule has 2 rings (SSSR count). The van der Waals surface area contributed by atoms with Crippen molar-refractivity contribution in [3.63, 3.8) is 0 Å². The van der Waals surface area contributed by atoms with Crippen molar-refractivity contribution >= 4 is 11.2 Å². The fourth-order valence-corrected chi connectivity index (χ4v) is 0.775. The lowest BCUT2D eigenvalue weighted by Crippen LogP contribution is -1.71. The van der Waals surface area contributed by atoms with Crippen molar-refractivity contribution in [2.75, 3.05) is 0 Å². The van der Waals surface area contributed by atoms with Gasteiger partial charge in [0.1, 0.15) is 0 Å². The van der Waals surface area contributed by atoms with Gasteiger partial charge < -0.3 is 4.98 Å². The molecule has 14 heavy (non-hydrogen) atoms. The van der Waals surface area contributed by atoms with Gasteiger partial charge in [0.2, 0.25) is 0 Å². The van der Waals surface area contributed by atoms with Crippen molar-refractivity contribution in [1.29, 1.82) is 0 Å². The number of pyridine rings is 1. The molecule has 0 bridgehead atoms. The molecule has 2 heterocycles. The number of hydrogen-bond donors (Lipinski definition) is 1. The quantitative estimate of drug-likeness (QED) is 0.697. The van der Waals surface area contributed by atoms with Crippen LogP contribution in [0.1, 0.15) is 35.5 Å². The van der Waals surface area contributed by atoms with Crippen LogP contribution in [0.3, 0.4) is 0 Å². The molecule has 0 atom stereocenters. The van der Waals surface area contributed by atoms with Gasteiger partial charge in [-0.05, 0) is 12.1 Å². The highest BCUT2D eigenvalue weighted by molar-refractivity contribution is 5.68. The van der Waals surface area contributed by atoms with Crippen LogP contribution in [-0.2, 0) is 0 Å². The maximum absolute atomic E-state index is 4.00. The third-order valence-corrected chi connectivity index (χ3v) is 1.19. The van der Waals surface area contributed by atoms with Crippen LogP contribution in [0.25, 0.3) is 11.2 Å². The molecule has 0 saturated heterocycles. The Morgan fingerprint density at radius 3 is 2.50 bits per heavy atom. The maximum atomic E-state index is 4.00. The monoisotopic (exact) mass is 195 g/mol. The highest BCUT2D eigenvalue weighted by Gasteiger charge is 1.90. The summed E-state index contributed by atoms with van der Waals surface area (Å²) in [5, 5.41) is 0. The van der Waals surface area contributed by atoms with Crippen molar-refractivity contribution in [3.8, 4) is 0 Å². The fourth-order valence-electron chi connectivity index (χ4n) is 0.775. The first-order valence-corrected chi connectivity index (χ1v) is 5.12. The molecule has 0 unspecified atom stereocenters. The Kier molecular flexibility index (Phi) is 7.42. The SMILES string of the molecule is CC.CCC.[HH].c1cnc2nc[nH]c2c1. The van der Waals surface area contributed by atoms with E-state index < -0.39 is 0 Å². The smallest absolute Gasteiger partial charge is 0.177 e. The Morgan fingerprint density at radius 2 is 1.93 bits per heavy atom. The lowest BCUT2D eigenvalue weighted by atomic mass is 10.4. The van der Waals surface area contributed by atoms with Gasteiger partial charge in [-0.15, -0.1) is 0 Å². The lowest BCUT2D eigenvalue weighted by Gasteiger charge is -1.80. The number of fused-ring (bicyclic) bond motifs is 1. The van der Waals surface area contributed by atoms with Crippen molar-refractivity contribution in [2.24, 2.45) is 0 Å². The summed E-state index contributed by atoms with van der Waals surface area (Å²) >= 11 is 0. The molecule has 0 saturated carbocycles. The first-order chi connectivity index (χ1) is 6.88. The molecule has 80 valence electrons. The molecular weight excluding hydrogens is 174 g/mol. The topological polar surface area (TPSA) is 41.6 Å². The van der Waals surface area contributed by atoms with Crippen LogP contribution < -0.4 is 0 Å². The summed E-state index contributed by atoms with van der Waals surface area (Å²) in [4.78, 5) is 10.9. The van der Waals surface area contributed by atoms with Crippen LogP contribution in [0.5, 0.6) is 0 Å². The second-order valence-electron chi connectivity index (χ2n) is 2.48. The normalized spacial score (nSPS) is 8.29. The fraction of sp³-hybridized carbons (Fsp3) is 0.455. The molecule has 0 spiro atoms. The third kappa shape index (κ3) is 4.03. The number of nitrogens with zero attached hydrogens (tertiary/aromatic N) is 2. The number of hydrogen-bond acceptors (Lipinski definition) is 2. The summed E-state index contributed by atoms with van der Waals surface area (Å²) < 4.78 is 0. The molecular formula is C11H21N3. The number of rotatable bonds is 0. The van der Waals surface area contributed by atoms with Crippen LogP contribution in [-0.4, -0.2) is 15.0 Å². The minimum Gasteiger partial charge on any atom is -0.343 e. The number of H-pyrrole nitrogens is 1. The summed E-state index contributed by atoms with van der Waals surface area (Å²) in [5.41, 5.74) is 1.76. The zero-order valence-corrected chi connectivity index (χ0v) is 9.41. The molecule has 0 radical (unpaired) electrons. The number of imidazole rings is 1. The first kappa shape index (κ1) is 12.6. The summed E-state index contributed by atoms with van der Waals surface area (Å²) in [6.07, 6.45) is 4.61. The van der Waals surface area contributed by atoms with E-state index >= 15 is 0 Å². The van der Waals surface area contributed by atoms with Gasteiger partial charge in [0.05, 0.1) is 11.8 Å². The van der Waals surface area contributed by atoms with Crippen molar-refractivity contribution < 1.29 is 1.43 Å². The van der Waals surface area contributed by atoms with Gasteiger partial charge in [-0.3, -0.25) is 0 Å². The van der Waals surface area contributed by atoms with Gasteiger partial charge in [0, 0.05) is 7.62 Å². The highest BCUT2D eigenvalue weighted by Crippen LogP contribution is 2.01. The van der Waals surface area contributed by atoms with E-state index in [9.17, 15) is 0 Å². The first-order valence-electron chi connectivity index (χ1n) is 5.12. The molecule has 2 aromatic rings. The van der Waals surface area contributed by atoms with E-state index in [0.29, 0.717) is 0 Å². The van der Waals surface area contributed by atoms with Crippen LogP contribution in [0, 0.1) is 0 Å². The van der Waals surface area contributed by atoms with E-state index in [1.807, 2.05) is 26.0 Å². The molecule has 1 N–H and O–H groups in total. The average Bonchev–Trinajstić information content (AvgIpc) is 2.69. The van der Waals surface area contributed by atoms with Crippen LogP contribution in [0.15, 0.2) is 24.7 Å². The molecule has 2 aromatic heterocycles. The molecule has 0 aromatic carbocycles. The van der Waals surface area contributed by atoms with Crippen molar-refractivity contribution in [3.05, 3.63) is 24.7 Å². The predicted molar refractivity (Wildman–Crippen MR) is 63.3 cm³/mol. The molecule has 0 fully saturated rings. The Bertz CT molecular complexity index is 303. The highest BCUT2D eigenvalue weighted by atomic mass is 14.9. The number of nitrogens with one attached hydrogen (secondary N) is 1. The number of aromatic nitrogens is 3. The largest absolute Gasteiger partial charge is 0.343 e. The Hall–Kier alpha value is -1.38. The number of aromatic amines is 1. The van der Waals surface area contributed by atoms with Crippen LogP contribution in [0.4, 0.5) is 0 Å². The average molecular weight is 195 g/mol. The lowest BCUT2D eigenvalue weighted by molar-refractivity contribution is 1.09. The molecule has 0 amide bonds. The van der Waals surface area contributed by atoms with E-state index in [1.165, 1.54) is 6.42 Å². The van der Waals surface area contributed by atoms with E-state index in [-0.39, 0.29) is 1.43 Å². The van der Waals surface area contributed by atoms with Crippen LogP contribution in [0.2, 0.25) is 0 Å². The second kappa shape index (κ2) is 8.23. The predicted octanol–water partition coefficient (Wildman–Crippen LogP) is 3.65. The molecule has 0 aliphatic heterocycles. The Labute approximate surface area is 87.1 Å². The van der Waals surface area contributed by atoms with E-state index in [4.69, 9.17) is 0 Å². The van der Waals surface area contributed by atoms with E-state index in [1.54, 1.807) is 12.5 Å². The van der Waals surface area contributed by atoms with Gasteiger partial charge in [-0.1, -0.05) is 34.1 Å². The van der Waals surface area contributed by atoms with Gasteiger partial charge in [-0.2, -0.15) is 0 Å². The van der Waals surface area contributed by atoms with Crippen molar-refractivity contribution in [1.82, 2.24) is 15.0 Å². The van der Waals surface area contributed by atoms with Gasteiger partial charge in [0.15, 0.2) is 5.65 Å². The third-order valence-electron chi connectivity index (χ3n) is 1.19. The van der Waals surface area contributed by atoms with E-state index in [0.717, 1.165) is 11.2 Å². The summed E-state index contributed by atoms with van der Waals surface area (Å²) in [6.45, 7) is 8.25. The minimum atomic E-state index is 0. The van der Waals surface area contributed by atoms with E-state index in [2.05, 4.69) is 28.8 Å². The zero-order valence-electron chi connectivity index (χ0n) is 9.41. The molecule has 0 aliphatic rings. The van der Waals surface area contributed by atoms with Crippen molar-refractivity contribution in [2.45, 2.75) is 34.1 Å². The van der Waals surface area contributed by atoms with Gasteiger partial charge >= 0.3 is 0 Å². The van der Waals surface area contributed by atoms with Crippen LogP contribution >= 0.6 is 0 Å². The second-order valence-corrected chi connectivity index (χ2v) is 2.48. The standard InChI is InChI=1S/C6H5N3.C3H8.C2H6.H2/c1-2-5-6(7-3-1)9-4-8-5;1-3-2;1-2;/h1-4H,(H,7,8,9);3H2,1-2H3;1-2H3;1H. The maximum Gasteiger partial charge on any atom is 0.177 e. The zero-order chi connectivity index (χ0) is 10.8. The minimum absolute atomic E-state index is 0. The van der Waals surface area contributed by atoms with Gasteiger partial charge in [-0.25, -0.2) is 9.97 Å². The Balaban J connectivity index is 0. The molecule has 3 nitrogen and oxygen atoms in total. The summed E-state index contributed by atoms with van der Waals surface area (Å²) in [6, 6.07) is 3.82. The molecule has 3 heteroatoms. The molecule has 0 aliphatic carbocycles. The Morgan fingerprint density at radius 1 is 1.29 bits per heavy atom. The summed E-state index contributed by atoms with van der Waals surface area (Å²) in [5.74, 6) is 0. The van der Waals surface area contributed by atoms with Gasteiger partial charge in [0.25, 0.3) is 0 Å².